The molecule has 322 valence electrons. The minimum atomic E-state index is 0.564. The van der Waals surface area contributed by atoms with E-state index in [0.717, 1.165) is 88.6 Å². The van der Waals surface area contributed by atoms with Crippen LogP contribution in [0.3, 0.4) is 0 Å². The third-order valence-corrected chi connectivity index (χ3v) is 13.6. The molecule has 4 aromatic heterocycles. The molecule has 0 saturated heterocycles. The van der Waals surface area contributed by atoms with E-state index in [1.54, 1.807) is 0 Å². The SMILES string of the molecule is c1ccc(-c2ccc3c4c(-c5cccc6c5c5ccccc5n6-c5ccccc5)cccc4n(-c4ccccc4-c4nc(-c5ccccc5)nc(-c5ccc6c(c5)oc5ccccc56)n4)c3c2)cc1. The van der Waals surface area contributed by atoms with Crippen molar-refractivity contribution in [3.05, 3.63) is 237 Å². The highest BCUT2D eigenvalue weighted by atomic mass is 16.3. The summed E-state index contributed by atoms with van der Waals surface area (Å²) in [5.41, 5.74) is 15.5. The smallest absolute Gasteiger partial charge is 0.166 e. The molecule has 0 fully saturated rings. The molecule has 0 atom stereocenters. The van der Waals surface area contributed by atoms with E-state index >= 15 is 0 Å². The Morgan fingerprint density at radius 2 is 0.812 bits per heavy atom. The molecule has 0 aliphatic carbocycles. The highest BCUT2D eigenvalue weighted by Gasteiger charge is 2.24. The second kappa shape index (κ2) is 15.6. The first-order valence-electron chi connectivity index (χ1n) is 23.3. The predicted octanol–water partition coefficient (Wildman–Crippen LogP) is 16.3. The third kappa shape index (κ3) is 6.23. The van der Waals surface area contributed by atoms with Crippen LogP contribution in [-0.2, 0) is 0 Å². The molecule has 10 aromatic carbocycles. The van der Waals surface area contributed by atoms with Crippen molar-refractivity contribution in [2.24, 2.45) is 0 Å². The summed E-state index contributed by atoms with van der Waals surface area (Å²) >= 11 is 0. The van der Waals surface area contributed by atoms with Crippen LogP contribution in [0.15, 0.2) is 241 Å². The van der Waals surface area contributed by atoms with E-state index in [9.17, 15) is 0 Å². The Morgan fingerprint density at radius 3 is 1.58 bits per heavy atom. The van der Waals surface area contributed by atoms with Gasteiger partial charge in [-0.2, -0.15) is 0 Å². The zero-order chi connectivity index (χ0) is 45.4. The maximum absolute atomic E-state index is 6.37. The molecule has 0 amide bonds. The lowest BCUT2D eigenvalue weighted by Crippen LogP contribution is -2.03. The number of hydrogen-bond acceptors (Lipinski definition) is 4. The summed E-state index contributed by atoms with van der Waals surface area (Å²) in [5, 5.41) is 6.89. The predicted molar refractivity (Wildman–Crippen MR) is 283 cm³/mol. The number of fused-ring (bicyclic) bond motifs is 9. The lowest BCUT2D eigenvalue weighted by Gasteiger charge is -2.15. The molecule has 6 nitrogen and oxygen atoms in total. The van der Waals surface area contributed by atoms with Crippen LogP contribution in [0.1, 0.15) is 0 Å². The monoisotopic (exact) mass is 881 g/mol. The van der Waals surface area contributed by atoms with Gasteiger partial charge < -0.3 is 13.6 Å². The summed E-state index contributed by atoms with van der Waals surface area (Å²) in [6, 6.07) is 83.5. The molecule has 0 aliphatic rings. The molecular weight excluding hydrogens is 843 g/mol. The van der Waals surface area contributed by atoms with E-state index < -0.39 is 0 Å². The Hall–Kier alpha value is -9.39. The van der Waals surface area contributed by atoms with E-state index in [2.05, 4.69) is 203 Å². The van der Waals surface area contributed by atoms with Crippen LogP contribution in [0.2, 0.25) is 0 Å². The van der Waals surface area contributed by atoms with Gasteiger partial charge in [0.25, 0.3) is 0 Å². The first-order valence-corrected chi connectivity index (χ1v) is 23.3. The van der Waals surface area contributed by atoms with Crippen LogP contribution >= 0.6 is 0 Å². The number of aromatic nitrogens is 5. The van der Waals surface area contributed by atoms with Gasteiger partial charge in [0.15, 0.2) is 17.5 Å². The van der Waals surface area contributed by atoms with Gasteiger partial charge in [0.1, 0.15) is 11.2 Å². The van der Waals surface area contributed by atoms with Crippen LogP contribution in [0, 0.1) is 0 Å². The van der Waals surface area contributed by atoms with Crippen molar-refractivity contribution in [1.29, 1.82) is 0 Å². The number of hydrogen-bond donors (Lipinski definition) is 0. The average molecular weight is 882 g/mol. The first-order chi connectivity index (χ1) is 34.2. The Bertz CT molecular complexity index is 4300. The lowest BCUT2D eigenvalue weighted by atomic mass is 9.95. The van der Waals surface area contributed by atoms with E-state index in [1.807, 2.05) is 42.5 Å². The number of rotatable bonds is 7. The molecule has 14 rings (SSSR count). The average Bonchev–Trinajstić information content (AvgIpc) is 4.09. The zero-order valence-electron chi connectivity index (χ0n) is 37.2. The number of nitrogens with zero attached hydrogens (tertiary/aromatic N) is 5. The second-order valence-corrected chi connectivity index (χ2v) is 17.5. The standard InChI is InChI=1S/C63H39N5O/c1-4-18-40(19-5-1)42-34-37-50-56(38-42)68(55-32-17-28-48(60(50)55)47-27-16-31-54-59(47)49-25-10-13-29-52(49)67(54)44-22-8-3-9-23-44)53-30-14-11-26-51(53)63-65-61(41-20-6-2-7-21-41)64-62(66-63)43-35-36-46-45-24-12-15-33-57(45)69-58(46)39-43/h1-39H. The minimum absolute atomic E-state index is 0.564. The molecule has 0 spiro atoms. The van der Waals surface area contributed by atoms with Gasteiger partial charge in [-0.05, 0) is 89.0 Å². The number of benzene rings is 10. The van der Waals surface area contributed by atoms with E-state index in [-0.39, 0.29) is 0 Å². The Morgan fingerprint density at radius 1 is 0.290 bits per heavy atom. The topological polar surface area (TPSA) is 61.7 Å². The van der Waals surface area contributed by atoms with Crippen LogP contribution in [-0.4, -0.2) is 24.1 Å². The van der Waals surface area contributed by atoms with Gasteiger partial charge in [-0.1, -0.05) is 170 Å². The lowest BCUT2D eigenvalue weighted by molar-refractivity contribution is 0.669. The van der Waals surface area contributed by atoms with Gasteiger partial charge in [-0.3, -0.25) is 0 Å². The number of para-hydroxylation sites is 4. The van der Waals surface area contributed by atoms with Crippen LogP contribution in [0.4, 0.5) is 0 Å². The van der Waals surface area contributed by atoms with Crippen molar-refractivity contribution >= 4 is 65.6 Å². The maximum atomic E-state index is 6.37. The molecule has 4 heterocycles. The van der Waals surface area contributed by atoms with Gasteiger partial charge in [0, 0.05) is 54.7 Å². The molecule has 0 bridgehead atoms. The molecule has 0 radical (unpaired) electrons. The summed E-state index contributed by atoms with van der Waals surface area (Å²) < 4.78 is 11.2. The van der Waals surface area contributed by atoms with Gasteiger partial charge in [0.2, 0.25) is 0 Å². The number of furan rings is 1. The summed E-state index contributed by atoms with van der Waals surface area (Å²) in [7, 11) is 0. The minimum Gasteiger partial charge on any atom is -0.456 e. The summed E-state index contributed by atoms with van der Waals surface area (Å²) in [6.45, 7) is 0. The van der Waals surface area contributed by atoms with Crippen molar-refractivity contribution in [2.45, 2.75) is 0 Å². The normalized spacial score (nSPS) is 11.8. The summed E-state index contributed by atoms with van der Waals surface area (Å²) in [5.74, 6) is 1.73. The van der Waals surface area contributed by atoms with Crippen molar-refractivity contribution < 1.29 is 4.42 Å². The van der Waals surface area contributed by atoms with Gasteiger partial charge in [0.05, 0.1) is 27.8 Å². The highest BCUT2D eigenvalue weighted by molar-refractivity contribution is 6.22. The Labute approximate surface area is 396 Å². The van der Waals surface area contributed by atoms with Crippen molar-refractivity contribution in [1.82, 2.24) is 24.1 Å². The Balaban J connectivity index is 1.03. The fourth-order valence-electron chi connectivity index (χ4n) is 10.5. The van der Waals surface area contributed by atoms with Crippen molar-refractivity contribution in [2.75, 3.05) is 0 Å². The molecular formula is C63H39N5O. The summed E-state index contributed by atoms with van der Waals surface area (Å²) in [4.78, 5) is 15.8. The molecule has 69 heavy (non-hydrogen) atoms. The fourth-order valence-corrected chi connectivity index (χ4v) is 10.5. The maximum Gasteiger partial charge on any atom is 0.166 e. The fraction of sp³-hybridized carbons (Fsp3) is 0. The highest BCUT2D eigenvalue weighted by Crippen LogP contribution is 2.45. The Kier molecular flexibility index (Phi) is 8.79. The molecule has 0 N–H and O–H groups in total. The molecule has 0 unspecified atom stereocenters. The van der Waals surface area contributed by atoms with E-state index in [4.69, 9.17) is 19.4 Å². The van der Waals surface area contributed by atoms with Gasteiger partial charge in [-0.15, -0.1) is 0 Å². The van der Waals surface area contributed by atoms with E-state index in [1.165, 1.54) is 27.2 Å². The van der Waals surface area contributed by atoms with Gasteiger partial charge >= 0.3 is 0 Å². The van der Waals surface area contributed by atoms with Crippen LogP contribution in [0.5, 0.6) is 0 Å². The van der Waals surface area contributed by atoms with Gasteiger partial charge in [-0.25, -0.2) is 15.0 Å². The summed E-state index contributed by atoms with van der Waals surface area (Å²) in [6.07, 6.45) is 0. The van der Waals surface area contributed by atoms with E-state index in [0.29, 0.717) is 17.5 Å². The van der Waals surface area contributed by atoms with Crippen LogP contribution < -0.4 is 0 Å². The third-order valence-electron chi connectivity index (χ3n) is 13.6. The first kappa shape index (κ1) is 38.8. The molecule has 0 aliphatic heterocycles. The second-order valence-electron chi connectivity index (χ2n) is 17.5. The zero-order valence-corrected chi connectivity index (χ0v) is 37.2. The van der Waals surface area contributed by atoms with Crippen molar-refractivity contribution in [3.8, 4) is 67.8 Å². The molecule has 6 heteroatoms. The largest absolute Gasteiger partial charge is 0.456 e. The van der Waals surface area contributed by atoms with Crippen LogP contribution in [0.25, 0.3) is 133 Å². The molecule has 0 saturated carbocycles. The van der Waals surface area contributed by atoms with Crippen molar-refractivity contribution in [3.63, 3.8) is 0 Å². The molecule has 14 aromatic rings. The quantitative estimate of drug-likeness (QED) is 0.160.